The van der Waals surface area contributed by atoms with Crippen LogP contribution in [0.1, 0.15) is 0 Å². The van der Waals surface area contributed by atoms with Crippen LogP contribution in [0, 0.1) is 0 Å². The van der Waals surface area contributed by atoms with Gasteiger partial charge in [-0.3, -0.25) is 0 Å². The molecule has 0 radical (unpaired) electrons. The average Bonchev–Trinajstić information content (AvgIpc) is 3.37. The zero-order valence-electron chi connectivity index (χ0n) is 19.2. The monoisotopic (exact) mass is 480 g/mol. The van der Waals surface area contributed by atoms with Gasteiger partial charge in [-0.2, -0.15) is 0 Å². The number of aromatic nitrogens is 1. The van der Waals surface area contributed by atoms with Crippen molar-refractivity contribution < 1.29 is 27.2 Å². The second-order valence-corrected chi connectivity index (χ2v) is 9.20. The minimum Gasteiger partial charge on any atom is -0.496 e. The predicted molar refractivity (Wildman–Crippen MR) is 129 cm³/mol. The van der Waals surface area contributed by atoms with Gasteiger partial charge in [0.25, 0.3) is 10.0 Å². The Bertz CT molecular complexity index is 1370. The number of hydrogen-bond donors (Lipinski definition) is 0. The number of para-hydroxylation sites is 1. The van der Waals surface area contributed by atoms with E-state index in [0.717, 1.165) is 15.4 Å². The highest BCUT2D eigenvalue weighted by Crippen LogP contribution is 2.41. The second-order valence-electron chi connectivity index (χ2n) is 7.30. The Morgan fingerprint density at radius 3 is 1.97 bits per heavy atom. The lowest BCUT2D eigenvalue weighted by Crippen LogP contribution is -2.27. The third-order valence-corrected chi connectivity index (χ3v) is 7.21. The van der Waals surface area contributed by atoms with Crippen LogP contribution in [0.4, 0.5) is 5.82 Å². The van der Waals surface area contributed by atoms with Crippen molar-refractivity contribution in [1.82, 2.24) is 5.16 Å². The number of nitrogens with zero attached hydrogens (tertiary/aromatic N) is 2. The summed E-state index contributed by atoms with van der Waals surface area (Å²) in [5.74, 6) is 1.34. The van der Waals surface area contributed by atoms with E-state index in [0.29, 0.717) is 17.1 Å². The van der Waals surface area contributed by atoms with Gasteiger partial charge in [-0.05, 0) is 35.4 Å². The fourth-order valence-electron chi connectivity index (χ4n) is 3.58. The molecule has 0 amide bonds. The molecule has 0 bridgehead atoms. The summed E-state index contributed by atoms with van der Waals surface area (Å²) in [5, 5.41) is 3.97. The van der Waals surface area contributed by atoms with E-state index < -0.39 is 10.0 Å². The molecular formula is C25H24N2O6S. The minimum absolute atomic E-state index is 0.0946. The van der Waals surface area contributed by atoms with E-state index in [4.69, 9.17) is 18.7 Å². The highest BCUT2D eigenvalue weighted by Gasteiger charge is 2.32. The van der Waals surface area contributed by atoms with Crippen LogP contribution in [-0.2, 0) is 10.0 Å². The largest absolute Gasteiger partial charge is 0.496 e. The van der Waals surface area contributed by atoms with Crippen LogP contribution in [0.5, 0.6) is 17.2 Å². The van der Waals surface area contributed by atoms with Crippen molar-refractivity contribution in [2.45, 2.75) is 4.90 Å². The van der Waals surface area contributed by atoms with Gasteiger partial charge in [0.05, 0.1) is 26.9 Å². The number of methoxy groups -OCH3 is 3. The van der Waals surface area contributed by atoms with Gasteiger partial charge < -0.3 is 18.7 Å². The van der Waals surface area contributed by atoms with Gasteiger partial charge in [-0.1, -0.05) is 47.6 Å². The first-order chi connectivity index (χ1) is 16.4. The molecule has 0 fully saturated rings. The second kappa shape index (κ2) is 9.48. The van der Waals surface area contributed by atoms with Gasteiger partial charge in [-0.15, -0.1) is 0 Å². The molecular weight excluding hydrogens is 456 g/mol. The van der Waals surface area contributed by atoms with Crippen LogP contribution < -0.4 is 18.5 Å². The third-order valence-electron chi connectivity index (χ3n) is 5.38. The Balaban J connectivity index is 1.77. The quantitative estimate of drug-likeness (QED) is 0.356. The molecule has 0 spiro atoms. The van der Waals surface area contributed by atoms with Crippen LogP contribution in [-0.4, -0.2) is 42.0 Å². The lowest BCUT2D eigenvalue weighted by molar-refractivity contribution is 0.373. The highest BCUT2D eigenvalue weighted by molar-refractivity contribution is 7.93. The van der Waals surface area contributed by atoms with E-state index in [1.165, 1.54) is 27.3 Å². The zero-order valence-corrected chi connectivity index (χ0v) is 20.0. The molecule has 8 nitrogen and oxygen atoms in total. The first-order valence-electron chi connectivity index (χ1n) is 10.3. The average molecular weight is 481 g/mol. The molecule has 0 N–H and O–H groups in total. The fourth-order valence-corrected chi connectivity index (χ4v) is 4.98. The first-order valence-corrected chi connectivity index (χ1v) is 11.7. The number of rotatable bonds is 8. The summed E-state index contributed by atoms with van der Waals surface area (Å²) < 4.78 is 50.1. The van der Waals surface area contributed by atoms with Crippen LogP contribution in [0.2, 0.25) is 0 Å². The maximum Gasteiger partial charge on any atom is 0.272 e. The molecule has 0 aliphatic heterocycles. The predicted octanol–water partition coefficient (Wildman–Crippen LogP) is 4.86. The van der Waals surface area contributed by atoms with Gasteiger partial charge >= 0.3 is 0 Å². The normalized spacial score (nSPS) is 11.2. The van der Waals surface area contributed by atoms with Crippen LogP contribution >= 0.6 is 0 Å². The van der Waals surface area contributed by atoms with Crippen molar-refractivity contribution in [2.75, 3.05) is 32.7 Å². The van der Waals surface area contributed by atoms with Gasteiger partial charge in [-0.25, -0.2) is 12.7 Å². The molecule has 0 saturated carbocycles. The van der Waals surface area contributed by atoms with Crippen molar-refractivity contribution in [3.05, 3.63) is 72.8 Å². The molecule has 0 atom stereocenters. The maximum absolute atomic E-state index is 13.7. The Morgan fingerprint density at radius 2 is 1.35 bits per heavy atom. The molecule has 0 unspecified atom stereocenters. The summed E-state index contributed by atoms with van der Waals surface area (Å²) in [6, 6.07) is 21.6. The van der Waals surface area contributed by atoms with E-state index in [9.17, 15) is 8.42 Å². The van der Waals surface area contributed by atoms with Crippen LogP contribution in [0.3, 0.4) is 0 Å². The Morgan fingerprint density at radius 1 is 0.765 bits per heavy atom. The molecule has 0 saturated heterocycles. The summed E-state index contributed by atoms with van der Waals surface area (Å²) in [6.45, 7) is 0. The SMILES string of the molecule is COc1ccccc1-c1cc(N(C)S(=O)(=O)c2c(OC)cc(-c3ccccc3)cc2OC)no1. The smallest absolute Gasteiger partial charge is 0.272 e. The molecule has 176 valence electrons. The Kier molecular flexibility index (Phi) is 6.47. The van der Waals surface area contributed by atoms with Crippen molar-refractivity contribution in [1.29, 1.82) is 0 Å². The standard InChI is InChI=1S/C25H24N2O6S/c1-27(24-16-21(33-26-24)19-12-8-9-13-20(19)30-2)34(28,29)25-22(31-3)14-18(15-23(25)32-4)17-10-6-5-7-11-17/h5-16H,1-4H3. The number of anilines is 1. The molecule has 1 aromatic heterocycles. The first kappa shape index (κ1) is 23.2. The maximum atomic E-state index is 13.7. The fraction of sp³-hybridized carbons (Fsp3) is 0.160. The third kappa shape index (κ3) is 4.17. The molecule has 9 heteroatoms. The van der Waals surface area contributed by atoms with Crippen LogP contribution in [0.25, 0.3) is 22.5 Å². The summed E-state index contributed by atoms with van der Waals surface area (Å²) in [4.78, 5) is -0.110. The van der Waals surface area contributed by atoms with E-state index in [2.05, 4.69) is 5.16 Å². The Hall–Kier alpha value is -3.98. The van der Waals surface area contributed by atoms with E-state index in [1.807, 2.05) is 42.5 Å². The summed E-state index contributed by atoms with van der Waals surface area (Å²) in [5.41, 5.74) is 2.31. The number of sulfonamides is 1. The molecule has 34 heavy (non-hydrogen) atoms. The molecule has 0 aliphatic rings. The number of hydrogen-bond acceptors (Lipinski definition) is 7. The summed E-state index contributed by atoms with van der Waals surface area (Å²) >= 11 is 0. The number of benzene rings is 3. The van der Waals surface area contributed by atoms with E-state index >= 15 is 0 Å². The van der Waals surface area contributed by atoms with Crippen molar-refractivity contribution in [2.24, 2.45) is 0 Å². The van der Waals surface area contributed by atoms with Gasteiger partial charge in [0.1, 0.15) is 17.2 Å². The van der Waals surface area contributed by atoms with Crippen LogP contribution in [0.15, 0.2) is 82.2 Å². The summed E-state index contributed by atoms with van der Waals surface area (Å²) in [6.07, 6.45) is 0. The van der Waals surface area contributed by atoms with Crippen molar-refractivity contribution >= 4 is 15.8 Å². The molecule has 3 aromatic carbocycles. The number of ether oxygens (including phenoxy) is 3. The molecule has 0 aliphatic carbocycles. The highest BCUT2D eigenvalue weighted by atomic mass is 32.2. The lowest BCUT2D eigenvalue weighted by atomic mass is 10.1. The van der Waals surface area contributed by atoms with Crippen molar-refractivity contribution in [3.8, 4) is 39.7 Å². The lowest BCUT2D eigenvalue weighted by Gasteiger charge is -2.21. The topological polar surface area (TPSA) is 91.1 Å². The summed E-state index contributed by atoms with van der Waals surface area (Å²) in [7, 11) is 1.64. The van der Waals surface area contributed by atoms with Gasteiger partial charge in [0.2, 0.25) is 0 Å². The molecule has 4 rings (SSSR count). The van der Waals surface area contributed by atoms with Gasteiger partial charge in [0.15, 0.2) is 16.5 Å². The van der Waals surface area contributed by atoms with E-state index in [1.54, 1.807) is 31.4 Å². The zero-order chi connectivity index (χ0) is 24.3. The molecule has 1 heterocycles. The molecule has 4 aromatic rings. The minimum atomic E-state index is -4.13. The van der Waals surface area contributed by atoms with Crippen molar-refractivity contribution in [3.63, 3.8) is 0 Å². The van der Waals surface area contributed by atoms with E-state index in [-0.39, 0.29) is 22.2 Å². The van der Waals surface area contributed by atoms with Gasteiger partial charge in [0, 0.05) is 13.1 Å². The Labute approximate surface area is 198 Å².